The summed E-state index contributed by atoms with van der Waals surface area (Å²) in [6.07, 6.45) is 3.11. The number of nitrogens with one attached hydrogen (secondary N) is 3. The molecule has 2 fully saturated rings. The average Bonchev–Trinajstić information content (AvgIpc) is 3.52. The van der Waals surface area contributed by atoms with Gasteiger partial charge in [0.1, 0.15) is 5.02 Å². The molecule has 15 nitrogen and oxygen atoms in total. The summed E-state index contributed by atoms with van der Waals surface area (Å²) < 4.78 is 5.04. The highest BCUT2D eigenvalue weighted by atomic mass is 35.5. The largest absolute Gasteiger partial charge is 0.390 e. The summed E-state index contributed by atoms with van der Waals surface area (Å²) in [7, 11) is 3.59. The topological polar surface area (TPSA) is 167 Å². The number of amides is 3. The molecule has 0 spiro atoms. The Hall–Kier alpha value is -5.15. The molecule has 0 aliphatic carbocycles. The number of hydrogen-bond acceptors (Lipinski definition) is 10. The first kappa shape index (κ1) is 34.3. The van der Waals surface area contributed by atoms with Gasteiger partial charge in [0.2, 0.25) is 11.9 Å². The Morgan fingerprint density at radius 2 is 1.80 bits per heavy atom. The summed E-state index contributed by atoms with van der Waals surface area (Å²) in [4.78, 5) is 50.1. The molecule has 2 atom stereocenters. The van der Waals surface area contributed by atoms with Crippen LogP contribution >= 0.6 is 11.6 Å². The molecule has 0 unspecified atom stereocenters. The van der Waals surface area contributed by atoms with Crippen molar-refractivity contribution in [1.82, 2.24) is 34.2 Å². The van der Waals surface area contributed by atoms with Gasteiger partial charge in [-0.25, -0.2) is 14.6 Å². The molecule has 5 heterocycles. The van der Waals surface area contributed by atoms with E-state index in [2.05, 4.69) is 37.9 Å². The minimum Gasteiger partial charge on any atom is -0.390 e. The Morgan fingerprint density at radius 1 is 1.04 bits per heavy atom. The number of carbonyl (C=O) groups excluding carboxylic acids is 2. The molecule has 5 aromatic rings. The van der Waals surface area contributed by atoms with E-state index in [0.717, 1.165) is 52.8 Å². The van der Waals surface area contributed by atoms with Crippen LogP contribution in [-0.2, 0) is 25.4 Å². The number of aryl methyl sites for hydroxylation is 3. The zero-order valence-corrected chi connectivity index (χ0v) is 30.0. The molecule has 2 aliphatic rings. The number of hydrogen-bond donors (Lipinski definition) is 4. The second kappa shape index (κ2) is 13.2. The Morgan fingerprint density at radius 3 is 2.55 bits per heavy atom. The number of rotatable bonds is 9. The molecular weight excluding hydrogens is 674 g/mol. The van der Waals surface area contributed by atoms with E-state index in [9.17, 15) is 19.5 Å². The maximum atomic E-state index is 13.0. The fourth-order valence-corrected chi connectivity index (χ4v) is 7.01. The Kier molecular flexibility index (Phi) is 8.87. The van der Waals surface area contributed by atoms with Crippen molar-refractivity contribution in [3.63, 3.8) is 0 Å². The Bertz CT molecular complexity index is 2220. The summed E-state index contributed by atoms with van der Waals surface area (Å²) >= 11 is 6.57. The summed E-state index contributed by atoms with van der Waals surface area (Å²) in [5.41, 5.74) is 3.05. The first-order valence-electron chi connectivity index (χ1n) is 17.1. The predicted molar refractivity (Wildman–Crippen MR) is 198 cm³/mol. The van der Waals surface area contributed by atoms with Gasteiger partial charge in [0, 0.05) is 69.5 Å². The van der Waals surface area contributed by atoms with Gasteiger partial charge in [-0.3, -0.25) is 28.8 Å². The lowest BCUT2D eigenvalue weighted by molar-refractivity contribution is -0.120. The zero-order chi connectivity index (χ0) is 36.2. The predicted octanol–water partition coefficient (Wildman–Crippen LogP) is 4.35. The van der Waals surface area contributed by atoms with Gasteiger partial charge in [0.15, 0.2) is 11.6 Å². The van der Waals surface area contributed by atoms with Gasteiger partial charge < -0.3 is 20.6 Å². The van der Waals surface area contributed by atoms with Crippen molar-refractivity contribution in [2.24, 2.45) is 20.0 Å². The van der Waals surface area contributed by atoms with Crippen LogP contribution in [0.15, 0.2) is 47.4 Å². The second-order valence-electron chi connectivity index (χ2n) is 14.1. The summed E-state index contributed by atoms with van der Waals surface area (Å²) in [5.74, 6) is 1.54. The van der Waals surface area contributed by atoms with Gasteiger partial charge in [-0.1, -0.05) is 18.5 Å². The molecule has 3 aromatic heterocycles. The highest BCUT2D eigenvalue weighted by Crippen LogP contribution is 2.32. The van der Waals surface area contributed by atoms with Gasteiger partial charge in [0.25, 0.3) is 0 Å². The highest BCUT2D eigenvalue weighted by Gasteiger charge is 2.30. The van der Waals surface area contributed by atoms with Crippen LogP contribution in [0, 0.1) is 5.92 Å². The quantitative estimate of drug-likeness (QED) is 0.172. The van der Waals surface area contributed by atoms with Crippen LogP contribution in [0.25, 0.3) is 21.9 Å². The number of urea groups is 1. The number of benzene rings is 2. The van der Waals surface area contributed by atoms with Crippen LogP contribution < -0.4 is 31.4 Å². The first-order valence-corrected chi connectivity index (χ1v) is 17.4. The van der Waals surface area contributed by atoms with E-state index >= 15 is 0 Å². The fraction of sp³-hybridized carbons (Fsp3) is 0.429. The zero-order valence-electron chi connectivity index (χ0n) is 29.3. The molecule has 3 amide bonds. The molecule has 16 heteroatoms. The Labute approximate surface area is 299 Å². The van der Waals surface area contributed by atoms with E-state index in [0.29, 0.717) is 42.1 Å². The molecule has 7 rings (SSSR count). The normalized spacial score (nSPS) is 18.5. The van der Waals surface area contributed by atoms with Crippen LogP contribution in [-0.4, -0.2) is 77.2 Å². The minimum atomic E-state index is -0.900. The van der Waals surface area contributed by atoms with E-state index in [-0.39, 0.29) is 30.0 Å². The average molecular weight is 716 g/mol. The molecule has 0 saturated carbocycles. The number of nitrogens with zero attached hydrogens (tertiary/aromatic N) is 8. The van der Waals surface area contributed by atoms with E-state index in [1.165, 1.54) is 4.90 Å². The lowest BCUT2D eigenvalue weighted by atomic mass is 9.93. The van der Waals surface area contributed by atoms with E-state index in [4.69, 9.17) is 16.6 Å². The molecule has 2 aliphatic heterocycles. The van der Waals surface area contributed by atoms with Gasteiger partial charge in [-0.2, -0.15) is 10.1 Å². The van der Waals surface area contributed by atoms with Gasteiger partial charge >= 0.3 is 11.7 Å². The van der Waals surface area contributed by atoms with Crippen molar-refractivity contribution in [3.05, 3.63) is 58.1 Å². The van der Waals surface area contributed by atoms with E-state index in [1.54, 1.807) is 40.9 Å². The van der Waals surface area contributed by atoms with Crippen molar-refractivity contribution in [2.75, 3.05) is 40.1 Å². The standard InChI is InChI=1S/C35H42ClN11O4/c1-20-19-45(13-10-25(20)38-21-6-8-23-27(16-21)44(5)42-31(23)47-14-11-29(48)40-33(47)49)32-37-18-24(36)30(41-32)39-22-7-9-26-28(17-22)46(34(50)43(26)4)15-12-35(2,3)51/h6-9,16-18,20,25,38,51H,10-15,19H2,1-5H3,(H,37,39,41)(H,40,48,49)/t20-,25-/m1/s1. The van der Waals surface area contributed by atoms with E-state index < -0.39 is 11.6 Å². The second-order valence-corrected chi connectivity index (χ2v) is 14.6. The number of anilines is 5. The van der Waals surface area contributed by atoms with Gasteiger partial charge in [-0.05, 0) is 69.0 Å². The van der Waals surface area contributed by atoms with Crippen molar-refractivity contribution in [3.8, 4) is 0 Å². The lowest BCUT2D eigenvalue weighted by Crippen LogP contribution is -2.49. The maximum absolute atomic E-state index is 13.0. The number of carbonyl (C=O) groups is 2. The smallest absolute Gasteiger partial charge is 0.329 e. The van der Waals surface area contributed by atoms with Crippen LogP contribution in [0.2, 0.25) is 5.02 Å². The third-order valence-corrected chi connectivity index (χ3v) is 10.0. The number of halogens is 1. The molecule has 51 heavy (non-hydrogen) atoms. The third-order valence-electron chi connectivity index (χ3n) is 9.77. The summed E-state index contributed by atoms with van der Waals surface area (Å²) in [5, 5.41) is 25.5. The van der Waals surface area contributed by atoms with Gasteiger partial charge in [0.05, 0.1) is 28.3 Å². The lowest BCUT2D eigenvalue weighted by Gasteiger charge is -2.37. The van der Waals surface area contributed by atoms with Crippen molar-refractivity contribution < 1.29 is 14.7 Å². The minimum absolute atomic E-state index is 0.143. The van der Waals surface area contributed by atoms with Crippen molar-refractivity contribution in [1.29, 1.82) is 0 Å². The molecule has 2 saturated heterocycles. The van der Waals surface area contributed by atoms with Crippen molar-refractivity contribution >= 4 is 74.4 Å². The molecule has 0 bridgehead atoms. The molecule has 2 aromatic carbocycles. The van der Waals surface area contributed by atoms with Crippen LogP contribution in [0.1, 0.15) is 40.0 Å². The summed E-state index contributed by atoms with van der Waals surface area (Å²) in [6.45, 7) is 7.79. The molecule has 4 N–H and O–H groups in total. The highest BCUT2D eigenvalue weighted by molar-refractivity contribution is 6.33. The van der Waals surface area contributed by atoms with Gasteiger partial charge in [-0.15, -0.1) is 0 Å². The van der Waals surface area contributed by atoms with Crippen LogP contribution in [0.4, 0.5) is 33.8 Å². The first-order chi connectivity index (χ1) is 24.3. The number of fused-ring (bicyclic) bond motifs is 2. The number of imidazole rings is 1. The number of aliphatic hydroxyl groups is 1. The number of imide groups is 1. The van der Waals surface area contributed by atoms with Crippen LogP contribution in [0.3, 0.4) is 0 Å². The third kappa shape index (κ3) is 6.82. The Balaban J connectivity index is 1.04. The SMILES string of the molecule is C[C@@H]1CN(c2ncc(Cl)c(Nc3ccc4c(c3)n(CCC(C)(C)O)c(=O)n4C)n2)CC[C@H]1Nc1ccc2c(N3CCC(=O)NC3=O)nn(C)c2c1. The van der Waals surface area contributed by atoms with Crippen molar-refractivity contribution in [2.45, 2.75) is 58.2 Å². The molecule has 0 radical (unpaired) electrons. The maximum Gasteiger partial charge on any atom is 0.329 e. The van der Waals surface area contributed by atoms with E-state index in [1.807, 2.05) is 43.4 Å². The molecular formula is C35H42ClN11O4. The molecule has 268 valence electrons. The number of aromatic nitrogens is 6. The fourth-order valence-electron chi connectivity index (χ4n) is 6.87. The monoisotopic (exact) mass is 715 g/mol. The number of piperidine rings is 1. The summed E-state index contributed by atoms with van der Waals surface area (Å²) in [6, 6.07) is 11.4. The van der Waals surface area contributed by atoms with Crippen LogP contribution in [0.5, 0.6) is 0 Å².